The van der Waals surface area contributed by atoms with Gasteiger partial charge in [0.25, 0.3) is 0 Å². The Kier molecular flexibility index (Phi) is 2.83. The molecule has 2 rings (SSSR count). The van der Waals surface area contributed by atoms with E-state index in [9.17, 15) is 0 Å². The maximum Gasteiger partial charge on any atom is 0.165 e. The summed E-state index contributed by atoms with van der Waals surface area (Å²) in [6, 6.07) is 5.26. The van der Waals surface area contributed by atoms with E-state index in [0.717, 1.165) is 6.54 Å². The molecule has 5 nitrogen and oxygen atoms in total. The Balaban J connectivity index is 2.11. The maximum atomic E-state index is 8.59. The SMILES string of the molecule is CCn1cc(Oc2ccc(C#N)nc2)cn1. The molecule has 0 spiro atoms. The van der Waals surface area contributed by atoms with E-state index in [1.54, 1.807) is 29.2 Å². The van der Waals surface area contributed by atoms with E-state index in [0.29, 0.717) is 17.2 Å². The average Bonchev–Trinajstić information content (AvgIpc) is 2.78. The van der Waals surface area contributed by atoms with Crippen LogP contribution in [0.3, 0.4) is 0 Å². The van der Waals surface area contributed by atoms with Crippen LogP contribution in [0.25, 0.3) is 0 Å². The van der Waals surface area contributed by atoms with Crippen LogP contribution in [0.4, 0.5) is 0 Å². The molecular formula is C11H10N4O. The molecule has 0 unspecified atom stereocenters. The number of nitriles is 1. The smallest absolute Gasteiger partial charge is 0.165 e. The lowest BCUT2D eigenvalue weighted by atomic mass is 10.4. The Morgan fingerprint density at radius 3 is 2.81 bits per heavy atom. The molecule has 0 aromatic carbocycles. The van der Waals surface area contributed by atoms with Gasteiger partial charge in [0.2, 0.25) is 0 Å². The molecule has 2 aromatic heterocycles. The van der Waals surface area contributed by atoms with Crippen LogP contribution in [0.5, 0.6) is 11.5 Å². The number of aromatic nitrogens is 3. The van der Waals surface area contributed by atoms with Gasteiger partial charge >= 0.3 is 0 Å². The largest absolute Gasteiger partial charge is 0.452 e. The van der Waals surface area contributed by atoms with Crippen molar-refractivity contribution in [3.8, 4) is 17.6 Å². The molecule has 0 radical (unpaired) electrons. The quantitative estimate of drug-likeness (QED) is 0.783. The van der Waals surface area contributed by atoms with Crippen molar-refractivity contribution in [2.24, 2.45) is 0 Å². The number of ether oxygens (including phenoxy) is 1. The predicted octanol–water partition coefficient (Wildman–Crippen LogP) is 1.96. The Morgan fingerprint density at radius 1 is 1.38 bits per heavy atom. The van der Waals surface area contributed by atoms with Gasteiger partial charge in [0, 0.05) is 6.54 Å². The molecule has 0 aliphatic carbocycles. The summed E-state index contributed by atoms with van der Waals surface area (Å²) in [6.45, 7) is 2.80. The molecule has 0 aliphatic rings. The van der Waals surface area contributed by atoms with Crippen molar-refractivity contribution in [2.45, 2.75) is 13.5 Å². The molecule has 0 saturated heterocycles. The van der Waals surface area contributed by atoms with E-state index in [4.69, 9.17) is 10.00 Å². The van der Waals surface area contributed by atoms with E-state index < -0.39 is 0 Å². The first-order valence-electron chi connectivity index (χ1n) is 4.88. The van der Waals surface area contributed by atoms with Gasteiger partial charge in [-0.3, -0.25) is 4.68 Å². The molecule has 16 heavy (non-hydrogen) atoms. The first-order valence-corrected chi connectivity index (χ1v) is 4.88. The molecule has 0 atom stereocenters. The molecule has 2 heterocycles. The van der Waals surface area contributed by atoms with Crippen molar-refractivity contribution in [1.29, 1.82) is 5.26 Å². The van der Waals surface area contributed by atoms with Crippen molar-refractivity contribution in [2.75, 3.05) is 0 Å². The van der Waals surface area contributed by atoms with Crippen LogP contribution in [-0.4, -0.2) is 14.8 Å². The lowest BCUT2D eigenvalue weighted by Crippen LogP contribution is -1.92. The molecule has 2 aromatic rings. The van der Waals surface area contributed by atoms with E-state index in [2.05, 4.69) is 10.1 Å². The minimum absolute atomic E-state index is 0.372. The third-order valence-electron chi connectivity index (χ3n) is 2.02. The minimum Gasteiger partial charge on any atom is -0.452 e. The maximum absolute atomic E-state index is 8.59. The second-order valence-electron chi connectivity index (χ2n) is 3.12. The van der Waals surface area contributed by atoms with Crippen LogP contribution in [0, 0.1) is 11.3 Å². The highest BCUT2D eigenvalue weighted by atomic mass is 16.5. The number of rotatable bonds is 3. The summed E-state index contributed by atoms with van der Waals surface area (Å²) in [5.41, 5.74) is 0.372. The monoisotopic (exact) mass is 214 g/mol. The van der Waals surface area contributed by atoms with Crippen LogP contribution >= 0.6 is 0 Å². The minimum atomic E-state index is 0.372. The number of pyridine rings is 1. The summed E-state index contributed by atoms with van der Waals surface area (Å²) in [5.74, 6) is 1.25. The molecule has 0 amide bonds. The molecule has 5 heteroatoms. The van der Waals surface area contributed by atoms with E-state index in [-0.39, 0.29) is 0 Å². The summed E-state index contributed by atoms with van der Waals surface area (Å²) in [4.78, 5) is 3.91. The lowest BCUT2D eigenvalue weighted by molar-refractivity contribution is 0.479. The van der Waals surface area contributed by atoms with Crippen LogP contribution in [0.2, 0.25) is 0 Å². The zero-order chi connectivity index (χ0) is 11.4. The fraction of sp³-hybridized carbons (Fsp3) is 0.182. The number of hydrogen-bond donors (Lipinski definition) is 0. The van der Waals surface area contributed by atoms with Gasteiger partial charge in [0.15, 0.2) is 5.75 Å². The number of hydrogen-bond acceptors (Lipinski definition) is 4. The van der Waals surface area contributed by atoms with Crippen LogP contribution in [0.15, 0.2) is 30.7 Å². The Labute approximate surface area is 92.9 Å². The predicted molar refractivity (Wildman–Crippen MR) is 56.9 cm³/mol. The Hall–Kier alpha value is -2.35. The van der Waals surface area contributed by atoms with Gasteiger partial charge in [-0.1, -0.05) is 0 Å². The number of aryl methyl sites for hydroxylation is 1. The van der Waals surface area contributed by atoms with Gasteiger partial charge in [0.1, 0.15) is 17.5 Å². The Bertz CT molecular complexity index is 510. The summed E-state index contributed by atoms with van der Waals surface area (Å²) in [7, 11) is 0. The van der Waals surface area contributed by atoms with Gasteiger partial charge < -0.3 is 4.74 Å². The normalized spacial score (nSPS) is 9.75. The lowest BCUT2D eigenvalue weighted by Gasteiger charge is -2.00. The van der Waals surface area contributed by atoms with Gasteiger partial charge in [-0.2, -0.15) is 10.4 Å². The molecular weight excluding hydrogens is 204 g/mol. The van der Waals surface area contributed by atoms with Crippen molar-refractivity contribution < 1.29 is 4.74 Å². The van der Waals surface area contributed by atoms with Crippen LogP contribution in [0.1, 0.15) is 12.6 Å². The van der Waals surface area contributed by atoms with Crippen LogP contribution < -0.4 is 4.74 Å². The highest BCUT2D eigenvalue weighted by molar-refractivity contribution is 5.30. The van der Waals surface area contributed by atoms with E-state index in [1.165, 1.54) is 6.20 Å². The van der Waals surface area contributed by atoms with Crippen molar-refractivity contribution in [1.82, 2.24) is 14.8 Å². The fourth-order valence-corrected chi connectivity index (χ4v) is 1.21. The highest BCUT2D eigenvalue weighted by Gasteiger charge is 2.01. The summed E-state index contributed by atoms with van der Waals surface area (Å²) < 4.78 is 7.28. The number of nitrogens with zero attached hydrogens (tertiary/aromatic N) is 4. The van der Waals surface area contributed by atoms with Gasteiger partial charge in [-0.25, -0.2) is 4.98 Å². The second-order valence-corrected chi connectivity index (χ2v) is 3.12. The topological polar surface area (TPSA) is 63.7 Å². The fourth-order valence-electron chi connectivity index (χ4n) is 1.21. The van der Waals surface area contributed by atoms with Gasteiger partial charge in [0.05, 0.1) is 18.6 Å². The summed E-state index contributed by atoms with van der Waals surface area (Å²) >= 11 is 0. The van der Waals surface area contributed by atoms with Crippen molar-refractivity contribution in [3.05, 3.63) is 36.4 Å². The average molecular weight is 214 g/mol. The Morgan fingerprint density at radius 2 is 2.25 bits per heavy atom. The summed E-state index contributed by atoms with van der Waals surface area (Å²) in [5, 5.41) is 12.7. The first kappa shape index (κ1) is 10.2. The zero-order valence-corrected chi connectivity index (χ0v) is 8.79. The molecule has 0 N–H and O–H groups in total. The summed E-state index contributed by atoms with van der Waals surface area (Å²) in [6.07, 6.45) is 4.96. The second kappa shape index (κ2) is 4.45. The molecule has 80 valence electrons. The van der Waals surface area contributed by atoms with Gasteiger partial charge in [-0.05, 0) is 19.1 Å². The molecule has 0 bridgehead atoms. The molecule has 0 aliphatic heterocycles. The standard InChI is InChI=1S/C11H10N4O/c1-2-15-8-11(7-14-15)16-10-4-3-9(5-12)13-6-10/h3-4,6-8H,2H2,1H3. The van der Waals surface area contributed by atoms with E-state index >= 15 is 0 Å². The third kappa shape index (κ3) is 2.17. The van der Waals surface area contributed by atoms with E-state index in [1.807, 2.05) is 13.0 Å². The van der Waals surface area contributed by atoms with Crippen LogP contribution in [-0.2, 0) is 6.54 Å². The zero-order valence-electron chi connectivity index (χ0n) is 8.79. The third-order valence-corrected chi connectivity index (χ3v) is 2.02. The van der Waals surface area contributed by atoms with Gasteiger partial charge in [-0.15, -0.1) is 0 Å². The van der Waals surface area contributed by atoms with Crippen molar-refractivity contribution >= 4 is 0 Å². The molecule has 0 saturated carbocycles. The molecule has 0 fully saturated rings. The highest BCUT2D eigenvalue weighted by Crippen LogP contribution is 2.19. The first-order chi connectivity index (χ1) is 7.81. The van der Waals surface area contributed by atoms with Crippen molar-refractivity contribution in [3.63, 3.8) is 0 Å².